The van der Waals surface area contributed by atoms with Crippen LogP contribution in [-0.2, 0) is 14.6 Å². The van der Waals surface area contributed by atoms with E-state index in [-0.39, 0.29) is 23.5 Å². The summed E-state index contributed by atoms with van der Waals surface area (Å²) in [6, 6.07) is 4.95. The van der Waals surface area contributed by atoms with E-state index in [1.165, 1.54) is 6.08 Å². The van der Waals surface area contributed by atoms with Gasteiger partial charge in [-0.2, -0.15) is 0 Å². The largest absolute Gasteiger partial charge is 0.335 e. The molecular weight excluding hydrogens is 357 g/mol. The van der Waals surface area contributed by atoms with Crippen molar-refractivity contribution in [1.29, 1.82) is 0 Å². The van der Waals surface area contributed by atoms with E-state index >= 15 is 0 Å². The maximum absolute atomic E-state index is 12.5. The number of halogens is 2. The van der Waals surface area contributed by atoms with Crippen LogP contribution in [0.15, 0.2) is 24.3 Å². The molecule has 0 N–H and O–H groups in total. The minimum atomic E-state index is -3.03. The molecule has 0 spiro atoms. The zero-order valence-corrected chi connectivity index (χ0v) is 15.2. The number of benzene rings is 1. The highest BCUT2D eigenvalue weighted by molar-refractivity contribution is 7.91. The van der Waals surface area contributed by atoms with E-state index in [0.717, 1.165) is 6.42 Å². The molecule has 1 saturated heterocycles. The van der Waals surface area contributed by atoms with Crippen molar-refractivity contribution in [2.24, 2.45) is 0 Å². The van der Waals surface area contributed by atoms with Crippen molar-refractivity contribution < 1.29 is 13.2 Å². The summed E-state index contributed by atoms with van der Waals surface area (Å²) in [5, 5.41) is 0.817. The van der Waals surface area contributed by atoms with Crippen LogP contribution in [0.4, 0.5) is 0 Å². The van der Waals surface area contributed by atoms with Crippen molar-refractivity contribution in [3.05, 3.63) is 39.9 Å². The number of rotatable bonds is 5. The number of carbonyl (C=O) groups is 1. The van der Waals surface area contributed by atoms with Gasteiger partial charge in [0.2, 0.25) is 5.91 Å². The van der Waals surface area contributed by atoms with Crippen LogP contribution in [0, 0.1) is 0 Å². The third-order valence-corrected chi connectivity index (χ3v) is 6.37. The quantitative estimate of drug-likeness (QED) is 0.740. The minimum absolute atomic E-state index is 0.0461. The molecule has 126 valence electrons. The molecule has 1 aliphatic heterocycles. The van der Waals surface area contributed by atoms with E-state index < -0.39 is 9.84 Å². The highest BCUT2D eigenvalue weighted by Crippen LogP contribution is 2.26. The van der Waals surface area contributed by atoms with Crippen molar-refractivity contribution >= 4 is 45.0 Å². The Balaban J connectivity index is 2.15. The fraction of sp³-hybridized carbons (Fsp3) is 0.438. The molecule has 1 aromatic rings. The third kappa shape index (κ3) is 4.72. The molecule has 1 amide bonds. The van der Waals surface area contributed by atoms with Gasteiger partial charge in [-0.15, -0.1) is 0 Å². The summed E-state index contributed by atoms with van der Waals surface area (Å²) in [6.07, 6.45) is 4.31. The zero-order valence-electron chi connectivity index (χ0n) is 12.8. The van der Waals surface area contributed by atoms with Crippen LogP contribution in [0.3, 0.4) is 0 Å². The molecular formula is C16H19Cl2NO3S. The summed E-state index contributed by atoms with van der Waals surface area (Å²) >= 11 is 12.0. The van der Waals surface area contributed by atoms with Gasteiger partial charge in [0.25, 0.3) is 0 Å². The standard InChI is InChI=1S/C16H19Cl2NO3S/c1-2-9-19(13-8-10-23(21,22)11-13)15(20)7-6-12-4-3-5-14(17)16(12)18/h3-7,13H,2,8-11H2,1H3. The van der Waals surface area contributed by atoms with E-state index in [2.05, 4.69) is 0 Å². The predicted octanol–water partition coefficient (Wildman–Crippen LogP) is 3.43. The lowest BCUT2D eigenvalue weighted by atomic mass is 10.1. The SMILES string of the molecule is CCCN(C(=O)C=Cc1cccc(Cl)c1Cl)C1CCS(=O)(=O)C1. The first-order valence-corrected chi connectivity index (χ1v) is 10.0. The Morgan fingerprint density at radius 1 is 1.39 bits per heavy atom. The Kier molecular flexibility index (Phi) is 6.12. The molecule has 0 radical (unpaired) electrons. The zero-order chi connectivity index (χ0) is 17.0. The van der Waals surface area contributed by atoms with Crippen LogP contribution in [0.2, 0.25) is 10.0 Å². The molecule has 1 fully saturated rings. The molecule has 1 aliphatic rings. The molecule has 0 aromatic heterocycles. The molecule has 1 unspecified atom stereocenters. The molecule has 0 bridgehead atoms. The van der Waals surface area contributed by atoms with Gasteiger partial charge in [-0.25, -0.2) is 8.42 Å². The van der Waals surface area contributed by atoms with Crippen LogP contribution in [-0.4, -0.2) is 43.3 Å². The predicted molar refractivity (Wildman–Crippen MR) is 94.6 cm³/mol. The lowest BCUT2D eigenvalue weighted by Crippen LogP contribution is -2.40. The summed E-state index contributed by atoms with van der Waals surface area (Å²) in [7, 11) is -3.03. The van der Waals surface area contributed by atoms with Gasteiger partial charge in [0.05, 0.1) is 21.6 Å². The van der Waals surface area contributed by atoms with Gasteiger partial charge in [-0.1, -0.05) is 42.3 Å². The van der Waals surface area contributed by atoms with E-state index in [1.807, 2.05) is 6.92 Å². The topological polar surface area (TPSA) is 54.5 Å². The Labute approximate surface area is 147 Å². The van der Waals surface area contributed by atoms with E-state index in [4.69, 9.17) is 23.2 Å². The summed E-state index contributed by atoms with van der Waals surface area (Å²) in [5.74, 6) is -0.00976. The average Bonchev–Trinajstić information content (AvgIpc) is 2.86. The van der Waals surface area contributed by atoms with Crippen LogP contribution >= 0.6 is 23.2 Å². The monoisotopic (exact) mass is 375 g/mol. The maximum Gasteiger partial charge on any atom is 0.246 e. The molecule has 23 heavy (non-hydrogen) atoms. The van der Waals surface area contributed by atoms with Gasteiger partial charge in [0.1, 0.15) is 0 Å². The van der Waals surface area contributed by atoms with Crippen LogP contribution in [0.5, 0.6) is 0 Å². The molecule has 1 atom stereocenters. The first kappa shape index (κ1) is 18.3. The smallest absolute Gasteiger partial charge is 0.246 e. The summed E-state index contributed by atoms with van der Waals surface area (Å²) in [6.45, 7) is 2.49. The van der Waals surface area contributed by atoms with Crippen LogP contribution < -0.4 is 0 Å². The van der Waals surface area contributed by atoms with Gasteiger partial charge in [-0.3, -0.25) is 4.79 Å². The number of nitrogens with zero attached hydrogens (tertiary/aromatic N) is 1. The molecule has 4 nitrogen and oxygen atoms in total. The molecule has 0 saturated carbocycles. The van der Waals surface area contributed by atoms with Crippen molar-refractivity contribution in [2.45, 2.75) is 25.8 Å². The number of hydrogen-bond donors (Lipinski definition) is 0. The first-order valence-electron chi connectivity index (χ1n) is 7.47. The first-order chi connectivity index (χ1) is 10.8. The highest BCUT2D eigenvalue weighted by atomic mass is 35.5. The van der Waals surface area contributed by atoms with Gasteiger partial charge >= 0.3 is 0 Å². The fourth-order valence-electron chi connectivity index (χ4n) is 2.64. The summed E-state index contributed by atoms with van der Waals surface area (Å²) in [5.41, 5.74) is 0.656. The second kappa shape index (κ2) is 7.69. The van der Waals surface area contributed by atoms with E-state index in [0.29, 0.717) is 28.6 Å². The maximum atomic E-state index is 12.5. The molecule has 7 heteroatoms. The van der Waals surface area contributed by atoms with Gasteiger partial charge in [-0.05, 0) is 30.5 Å². The number of sulfone groups is 1. The van der Waals surface area contributed by atoms with Gasteiger partial charge in [0.15, 0.2) is 9.84 Å². The van der Waals surface area contributed by atoms with Gasteiger partial charge in [0, 0.05) is 18.7 Å². The van der Waals surface area contributed by atoms with Crippen LogP contribution in [0.25, 0.3) is 6.08 Å². The Morgan fingerprint density at radius 2 is 2.13 bits per heavy atom. The number of carbonyl (C=O) groups excluding carboxylic acids is 1. The van der Waals surface area contributed by atoms with Crippen molar-refractivity contribution in [2.75, 3.05) is 18.1 Å². The Bertz CT molecular complexity index is 716. The van der Waals surface area contributed by atoms with E-state index in [1.54, 1.807) is 29.2 Å². The van der Waals surface area contributed by atoms with Gasteiger partial charge < -0.3 is 4.90 Å². The summed E-state index contributed by atoms with van der Waals surface area (Å²) < 4.78 is 23.3. The Hall–Kier alpha value is -1.04. The molecule has 2 rings (SSSR count). The lowest BCUT2D eigenvalue weighted by molar-refractivity contribution is -0.127. The normalized spacial score (nSPS) is 20.0. The average molecular weight is 376 g/mol. The molecule has 1 heterocycles. The summed E-state index contributed by atoms with van der Waals surface area (Å²) in [4.78, 5) is 14.1. The van der Waals surface area contributed by atoms with Crippen LogP contribution in [0.1, 0.15) is 25.3 Å². The Morgan fingerprint density at radius 3 is 2.74 bits per heavy atom. The fourth-order valence-corrected chi connectivity index (χ4v) is 4.74. The molecule has 1 aromatic carbocycles. The highest BCUT2D eigenvalue weighted by Gasteiger charge is 2.33. The van der Waals surface area contributed by atoms with Crippen molar-refractivity contribution in [3.8, 4) is 0 Å². The second-order valence-corrected chi connectivity index (χ2v) is 8.58. The van der Waals surface area contributed by atoms with Crippen molar-refractivity contribution in [3.63, 3.8) is 0 Å². The second-order valence-electron chi connectivity index (χ2n) is 5.56. The van der Waals surface area contributed by atoms with E-state index in [9.17, 15) is 13.2 Å². The minimum Gasteiger partial charge on any atom is -0.335 e. The number of hydrogen-bond acceptors (Lipinski definition) is 3. The lowest BCUT2D eigenvalue weighted by Gasteiger charge is -2.26. The molecule has 0 aliphatic carbocycles. The number of amides is 1. The van der Waals surface area contributed by atoms with Crippen molar-refractivity contribution in [1.82, 2.24) is 4.90 Å². The third-order valence-electron chi connectivity index (χ3n) is 3.78.